The summed E-state index contributed by atoms with van der Waals surface area (Å²) in [6.07, 6.45) is 6.90. The van der Waals surface area contributed by atoms with Crippen LogP contribution in [0.3, 0.4) is 0 Å². The van der Waals surface area contributed by atoms with Crippen molar-refractivity contribution in [3.63, 3.8) is 0 Å². The molecule has 0 N–H and O–H groups in total. The molecular weight excluding hydrogens is 472 g/mol. The highest BCUT2D eigenvalue weighted by atomic mass is 19.1. The van der Waals surface area contributed by atoms with Crippen LogP contribution in [-0.2, 0) is 16.0 Å². The molecule has 0 radical (unpaired) electrons. The van der Waals surface area contributed by atoms with Crippen molar-refractivity contribution in [2.45, 2.75) is 44.6 Å². The first-order valence-corrected chi connectivity index (χ1v) is 11.6. The maximum atomic E-state index is 13.9. The molecule has 1 atom stereocenters. The molecule has 1 saturated carbocycles. The van der Waals surface area contributed by atoms with E-state index >= 15 is 0 Å². The summed E-state index contributed by atoms with van der Waals surface area (Å²) in [6.45, 7) is 0. The Hall–Kier alpha value is -3.95. The zero-order chi connectivity index (χ0) is 25.7. The topological polar surface area (TPSA) is 100 Å². The Morgan fingerprint density at radius 2 is 1.83 bits per heavy atom. The number of aromatic nitrogens is 3. The van der Waals surface area contributed by atoms with Crippen molar-refractivity contribution >= 4 is 11.8 Å². The number of Topliss-reactive ketones (excluding diaryl/α,β-unsaturated/α-hetero) is 1. The Bertz CT molecular complexity index is 1280. The van der Waals surface area contributed by atoms with Crippen LogP contribution in [0.1, 0.15) is 54.2 Å². The third kappa shape index (κ3) is 5.81. The molecule has 1 fully saturated rings. The van der Waals surface area contributed by atoms with Crippen LogP contribution in [0.2, 0.25) is 0 Å². The van der Waals surface area contributed by atoms with Crippen LogP contribution in [0, 0.1) is 17.6 Å². The minimum Gasteiger partial charge on any atom is -0.465 e. The lowest BCUT2D eigenvalue weighted by atomic mass is 9.94. The van der Waals surface area contributed by atoms with Crippen molar-refractivity contribution < 1.29 is 27.8 Å². The first-order valence-electron chi connectivity index (χ1n) is 11.6. The van der Waals surface area contributed by atoms with Crippen LogP contribution < -0.4 is 10.3 Å². The van der Waals surface area contributed by atoms with Crippen LogP contribution in [0.5, 0.6) is 11.5 Å². The van der Waals surface area contributed by atoms with Crippen molar-refractivity contribution in [2.24, 2.45) is 5.92 Å². The first-order chi connectivity index (χ1) is 17.4. The van der Waals surface area contributed by atoms with Gasteiger partial charge in [0, 0.05) is 18.0 Å². The number of ketones is 1. The Balaban J connectivity index is 1.57. The number of esters is 1. The highest BCUT2D eigenvalue weighted by Gasteiger charge is 2.29. The number of benzene rings is 1. The van der Waals surface area contributed by atoms with E-state index in [1.54, 1.807) is 6.07 Å². The van der Waals surface area contributed by atoms with E-state index in [0.29, 0.717) is 12.1 Å². The van der Waals surface area contributed by atoms with E-state index in [2.05, 4.69) is 14.8 Å². The molecule has 188 valence electrons. The van der Waals surface area contributed by atoms with Gasteiger partial charge in [-0.15, -0.1) is 0 Å². The summed E-state index contributed by atoms with van der Waals surface area (Å²) in [7, 11) is 1.27. The summed E-state index contributed by atoms with van der Waals surface area (Å²) in [5, 5.41) is 4.12. The molecule has 0 unspecified atom stereocenters. The second kappa shape index (κ2) is 11.2. The number of nitrogens with zero attached hydrogens (tertiary/aromatic N) is 3. The number of hydrogen-bond acceptors (Lipinski definition) is 7. The lowest BCUT2D eigenvalue weighted by molar-refractivity contribution is -0.122. The van der Waals surface area contributed by atoms with Gasteiger partial charge in [0.15, 0.2) is 28.9 Å². The summed E-state index contributed by atoms with van der Waals surface area (Å²) >= 11 is 0. The molecule has 0 spiro atoms. The smallest absolute Gasteiger partial charge is 0.339 e. The largest absolute Gasteiger partial charge is 0.465 e. The van der Waals surface area contributed by atoms with Gasteiger partial charge in [0.1, 0.15) is 6.04 Å². The molecule has 1 aliphatic rings. The number of ether oxygens (including phenoxy) is 2. The molecule has 0 aliphatic heterocycles. The molecule has 0 amide bonds. The molecular formula is C26H25F2N3O5. The van der Waals surface area contributed by atoms with E-state index < -0.39 is 35.0 Å². The zero-order valence-corrected chi connectivity index (χ0v) is 19.7. The summed E-state index contributed by atoms with van der Waals surface area (Å²) < 4.78 is 38.8. The average Bonchev–Trinajstić information content (AvgIpc) is 3.38. The molecule has 36 heavy (non-hydrogen) atoms. The predicted octanol–water partition coefficient (Wildman–Crippen LogP) is 4.43. The van der Waals surface area contributed by atoms with Gasteiger partial charge in [0.25, 0.3) is 5.56 Å². The number of hydrogen-bond donors (Lipinski definition) is 0. The van der Waals surface area contributed by atoms with Gasteiger partial charge in [0.05, 0.1) is 25.3 Å². The first kappa shape index (κ1) is 25.2. The minimum atomic E-state index is -0.917. The van der Waals surface area contributed by atoms with Crippen LogP contribution in [0.4, 0.5) is 8.78 Å². The van der Waals surface area contributed by atoms with Gasteiger partial charge in [-0.3, -0.25) is 14.6 Å². The van der Waals surface area contributed by atoms with Crippen molar-refractivity contribution in [1.29, 1.82) is 0 Å². The number of para-hydroxylation sites is 1. The molecule has 0 bridgehead atoms. The third-order valence-electron chi connectivity index (χ3n) is 6.24. The molecule has 2 heterocycles. The fourth-order valence-electron chi connectivity index (χ4n) is 4.38. The van der Waals surface area contributed by atoms with Gasteiger partial charge in [-0.2, -0.15) is 5.10 Å². The van der Waals surface area contributed by atoms with Crippen molar-refractivity contribution in [1.82, 2.24) is 14.8 Å². The molecule has 1 aromatic carbocycles. The van der Waals surface area contributed by atoms with E-state index in [9.17, 15) is 23.2 Å². The highest BCUT2D eigenvalue weighted by Crippen LogP contribution is 2.32. The molecule has 8 nitrogen and oxygen atoms in total. The number of rotatable bonds is 9. The molecule has 0 saturated heterocycles. The number of pyridine rings is 1. The molecule has 4 rings (SSSR count). The van der Waals surface area contributed by atoms with E-state index in [1.165, 1.54) is 25.4 Å². The zero-order valence-electron chi connectivity index (χ0n) is 19.7. The summed E-state index contributed by atoms with van der Waals surface area (Å²) in [6, 6.07) is 6.56. The molecule has 2 aromatic heterocycles. The number of halogens is 2. The lowest BCUT2D eigenvalue weighted by Crippen LogP contribution is -2.33. The maximum Gasteiger partial charge on any atom is 0.339 e. The van der Waals surface area contributed by atoms with Gasteiger partial charge in [-0.1, -0.05) is 31.7 Å². The number of carbonyl (C=O) groups is 2. The van der Waals surface area contributed by atoms with E-state index in [0.717, 1.165) is 54.8 Å². The monoisotopic (exact) mass is 497 g/mol. The van der Waals surface area contributed by atoms with Gasteiger partial charge in [-0.05, 0) is 36.6 Å². The van der Waals surface area contributed by atoms with Gasteiger partial charge in [-0.25, -0.2) is 18.3 Å². The van der Waals surface area contributed by atoms with Crippen LogP contribution in [0.25, 0.3) is 0 Å². The Labute approximate surface area is 205 Å². The normalized spacial score (nSPS) is 14.4. The van der Waals surface area contributed by atoms with Gasteiger partial charge >= 0.3 is 5.97 Å². The number of carbonyl (C=O) groups excluding carboxylic acids is 2. The van der Waals surface area contributed by atoms with E-state index in [4.69, 9.17) is 4.74 Å². The van der Waals surface area contributed by atoms with Crippen LogP contribution >= 0.6 is 0 Å². The maximum absolute atomic E-state index is 13.9. The van der Waals surface area contributed by atoms with Crippen molar-refractivity contribution in [2.75, 3.05) is 7.11 Å². The minimum absolute atomic E-state index is 0.0638. The third-order valence-corrected chi connectivity index (χ3v) is 6.24. The SMILES string of the molecule is COC(=O)c1ccc(CC(=O)[C@H](CC2CCCC2)n2ncc(Oc3c(F)cccc3F)cc2=O)nc1. The lowest BCUT2D eigenvalue weighted by Gasteiger charge is -2.21. The summed E-state index contributed by atoms with van der Waals surface area (Å²) in [5.41, 5.74) is 0.0673. The van der Waals surface area contributed by atoms with Gasteiger partial charge in [0.2, 0.25) is 0 Å². The predicted molar refractivity (Wildman–Crippen MR) is 125 cm³/mol. The standard InChI is InChI=1S/C26H25F2N3O5/c1-35-26(34)17-9-10-18(29-14-17)12-23(32)22(11-16-5-2-3-6-16)31-24(33)13-19(15-30-31)36-25-20(27)7-4-8-21(25)28/h4,7-10,13-16,22H,2-3,5-6,11-12H2,1H3/t22-/m0/s1. The Morgan fingerprint density at radius 1 is 1.11 bits per heavy atom. The average molecular weight is 497 g/mol. The molecule has 1 aliphatic carbocycles. The highest BCUT2D eigenvalue weighted by molar-refractivity contribution is 5.89. The van der Waals surface area contributed by atoms with Crippen LogP contribution in [0.15, 0.2) is 53.6 Å². The Morgan fingerprint density at radius 3 is 2.44 bits per heavy atom. The Kier molecular flexibility index (Phi) is 7.82. The van der Waals surface area contributed by atoms with Crippen LogP contribution in [-0.4, -0.2) is 33.6 Å². The summed E-state index contributed by atoms with van der Waals surface area (Å²) in [5.74, 6) is -3.15. The van der Waals surface area contributed by atoms with E-state index in [-0.39, 0.29) is 29.4 Å². The summed E-state index contributed by atoms with van der Waals surface area (Å²) in [4.78, 5) is 42.1. The molecule has 3 aromatic rings. The fraction of sp³-hybridized carbons (Fsp3) is 0.346. The van der Waals surface area contributed by atoms with E-state index in [1.807, 2.05) is 0 Å². The van der Waals surface area contributed by atoms with Crippen molar-refractivity contribution in [3.8, 4) is 11.5 Å². The van der Waals surface area contributed by atoms with Crippen molar-refractivity contribution in [3.05, 3.63) is 82.0 Å². The van der Waals surface area contributed by atoms with Gasteiger partial charge < -0.3 is 9.47 Å². The second-order valence-corrected chi connectivity index (χ2v) is 8.70. The molecule has 10 heteroatoms. The quantitative estimate of drug-likeness (QED) is 0.403. The number of methoxy groups -OCH3 is 1. The fourth-order valence-corrected chi connectivity index (χ4v) is 4.38. The second-order valence-electron chi connectivity index (χ2n) is 8.70.